The number of pyridine rings is 1. The first-order valence-electron chi connectivity index (χ1n) is 8.09. The van der Waals surface area contributed by atoms with Crippen LogP contribution in [-0.4, -0.2) is 24.9 Å². The lowest BCUT2D eigenvalue weighted by molar-refractivity contribution is -0.141. The highest BCUT2D eigenvalue weighted by Crippen LogP contribution is 2.36. The van der Waals surface area contributed by atoms with Crippen LogP contribution in [0.4, 0.5) is 13.2 Å². The number of rotatable bonds is 4. The number of fused-ring (bicyclic) bond motifs is 1. The summed E-state index contributed by atoms with van der Waals surface area (Å²) < 4.78 is 50.8. The van der Waals surface area contributed by atoms with Gasteiger partial charge < -0.3 is 9.47 Å². The number of ether oxygens (including phenoxy) is 2. The normalized spacial score (nSPS) is 12.3. The molecule has 0 aliphatic carbocycles. The van der Waals surface area contributed by atoms with Gasteiger partial charge in [0.05, 0.1) is 7.11 Å². The molecular formula is C20H17F3N2O2. The average molecular weight is 374 g/mol. The van der Waals surface area contributed by atoms with Crippen LogP contribution in [-0.2, 0) is 6.18 Å². The smallest absolute Gasteiger partial charge is 0.433 e. The summed E-state index contributed by atoms with van der Waals surface area (Å²) in [6.45, 7) is 1.63. The molecule has 0 saturated carbocycles. The Hall–Kier alpha value is -3.09. The summed E-state index contributed by atoms with van der Waals surface area (Å²) in [6.07, 6.45) is -4.60. The number of methoxy groups -OCH3 is 1. The van der Waals surface area contributed by atoms with Crippen LogP contribution in [0.3, 0.4) is 0 Å². The van der Waals surface area contributed by atoms with Crippen molar-refractivity contribution in [2.45, 2.75) is 13.1 Å². The second-order valence-electron chi connectivity index (χ2n) is 5.83. The monoisotopic (exact) mass is 374 g/mol. The van der Waals surface area contributed by atoms with E-state index in [9.17, 15) is 13.2 Å². The van der Waals surface area contributed by atoms with Crippen molar-refractivity contribution in [1.29, 1.82) is 0 Å². The Bertz CT molecular complexity index is 1010. The second-order valence-corrected chi connectivity index (χ2v) is 5.83. The van der Waals surface area contributed by atoms with Gasteiger partial charge in [-0.15, -0.1) is 0 Å². The van der Waals surface area contributed by atoms with Crippen LogP contribution in [0.2, 0.25) is 0 Å². The molecule has 27 heavy (non-hydrogen) atoms. The fraction of sp³-hybridized carbons (Fsp3) is 0.200. The van der Waals surface area contributed by atoms with Crippen LogP contribution in [0.5, 0.6) is 17.4 Å². The van der Waals surface area contributed by atoms with Gasteiger partial charge in [-0.1, -0.05) is 24.3 Å². The Kier molecular flexibility index (Phi) is 5.03. The molecule has 0 aliphatic heterocycles. The first-order chi connectivity index (χ1) is 12.8. The van der Waals surface area contributed by atoms with Crippen LogP contribution in [0.25, 0.3) is 10.8 Å². The van der Waals surface area contributed by atoms with Crippen LogP contribution in [0.1, 0.15) is 18.2 Å². The highest BCUT2D eigenvalue weighted by molar-refractivity contribution is 5.99. The van der Waals surface area contributed by atoms with Gasteiger partial charge in [-0.3, -0.25) is 4.99 Å². The molecule has 2 aromatic carbocycles. The molecule has 0 fully saturated rings. The number of hydrogen-bond donors (Lipinski definition) is 0. The molecule has 1 heterocycles. The highest BCUT2D eigenvalue weighted by atomic mass is 19.4. The van der Waals surface area contributed by atoms with Crippen molar-refractivity contribution in [3.63, 3.8) is 0 Å². The van der Waals surface area contributed by atoms with E-state index in [4.69, 9.17) is 9.47 Å². The predicted octanol–water partition coefficient (Wildman–Crippen LogP) is 5.49. The molecule has 0 atom stereocenters. The van der Waals surface area contributed by atoms with Gasteiger partial charge in [-0.2, -0.15) is 13.2 Å². The van der Waals surface area contributed by atoms with Gasteiger partial charge >= 0.3 is 6.18 Å². The maximum absolute atomic E-state index is 13.2. The second kappa shape index (κ2) is 7.26. The zero-order valence-electron chi connectivity index (χ0n) is 15.0. The van der Waals surface area contributed by atoms with Crippen molar-refractivity contribution in [3.8, 4) is 17.4 Å². The molecule has 0 spiro atoms. The summed E-state index contributed by atoms with van der Waals surface area (Å²) in [5, 5.41) is 1.57. The van der Waals surface area contributed by atoms with E-state index in [0.29, 0.717) is 22.8 Å². The number of aliphatic imine (C=N–C) groups is 1. The molecule has 0 bridgehead atoms. The molecule has 3 aromatic rings. The molecule has 3 rings (SSSR count). The fourth-order valence-electron chi connectivity index (χ4n) is 2.60. The minimum absolute atomic E-state index is 0.166. The molecule has 0 aliphatic rings. The SMILES string of the molecule is C/N=C(/C)c1cc(Oc2cc(OC)cc3ccccc23)nc(C(F)(F)F)c1. The van der Waals surface area contributed by atoms with Crippen LogP contribution < -0.4 is 9.47 Å². The van der Waals surface area contributed by atoms with Gasteiger partial charge in [0.15, 0.2) is 0 Å². The lowest BCUT2D eigenvalue weighted by Gasteiger charge is -2.14. The summed E-state index contributed by atoms with van der Waals surface area (Å²) in [7, 11) is 3.02. The van der Waals surface area contributed by atoms with Gasteiger partial charge in [0, 0.05) is 35.8 Å². The Balaban J connectivity index is 2.14. The van der Waals surface area contributed by atoms with E-state index in [1.54, 1.807) is 13.0 Å². The van der Waals surface area contributed by atoms with E-state index < -0.39 is 11.9 Å². The number of nitrogens with zero attached hydrogens (tertiary/aromatic N) is 2. The Morgan fingerprint density at radius 1 is 1.07 bits per heavy atom. The predicted molar refractivity (Wildman–Crippen MR) is 97.9 cm³/mol. The van der Waals surface area contributed by atoms with Gasteiger partial charge in [0.1, 0.15) is 17.2 Å². The van der Waals surface area contributed by atoms with Crippen LogP contribution >= 0.6 is 0 Å². The largest absolute Gasteiger partial charge is 0.497 e. The molecule has 7 heteroatoms. The minimum atomic E-state index is -4.60. The molecule has 0 unspecified atom stereocenters. The number of alkyl halides is 3. The molecule has 140 valence electrons. The van der Waals surface area contributed by atoms with Crippen molar-refractivity contribution in [3.05, 3.63) is 59.8 Å². The van der Waals surface area contributed by atoms with E-state index >= 15 is 0 Å². The zero-order chi connectivity index (χ0) is 19.6. The third kappa shape index (κ3) is 4.02. The van der Waals surface area contributed by atoms with Crippen LogP contribution in [0, 0.1) is 0 Å². The standard InChI is InChI=1S/C20H17F3N2O2/c1-12(24-2)14-9-18(20(21,22)23)25-19(10-14)27-17-11-15(26-3)8-13-6-4-5-7-16(13)17/h4-11H,1-3H3/b24-12-. The van der Waals surface area contributed by atoms with Crippen molar-refractivity contribution >= 4 is 16.5 Å². The van der Waals surface area contributed by atoms with Gasteiger partial charge in [0.2, 0.25) is 5.88 Å². The summed E-state index contributed by atoms with van der Waals surface area (Å²) in [5.74, 6) is 0.720. The van der Waals surface area contributed by atoms with E-state index in [2.05, 4.69) is 9.98 Å². The van der Waals surface area contributed by atoms with Crippen molar-refractivity contribution < 1.29 is 22.6 Å². The Labute approximate surface area is 154 Å². The number of hydrogen-bond acceptors (Lipinski definition) is 4. The van der Waals surface area contributed by atoms with Gasteiger partial charge in [0.25, 0.3) is 0 Å². The third-order valence-electron chi connectivity index (χ3n) is 4.09. The molecule has 0 saturated heterocycles. The Morgan fingerprint density at radius 3 is 2.48 bits per heavy atom. The topological polar surface area (TPSA) is 43.7 Å². The third-order valence-corrected chi connectivity index (χ3v) is 4.09. The van der Waals surface area contributed by atoms with Crippen molar-refractivity contribution in [2.24, 2.45) is 4.99 Å². The maximum Gasteiger partial charge on any atom is 0.433 e. The zero-order valence-corrected chi connectivity index (χ0v) is 15.0. The highest BCUT2D eigenvalue weighted by Gasteiger charge is 2.33. The van der Waals surface area contributed by atoms with Crippen LogP contribution in [0.15, 0.2) is 53.5 Å². The first kappa shape index (κ1) is 18.7. The first-order valence-corrected chi connectivity index (χ1v) is 8.09. The molecule has 0 radical (unpaired) electrons. The van der Waals surface area contributed by atoms with E-state index in [1.165, 1.54) is 20.2 Å². The quantitative estimate of drug-likeness (QED) is 0.567. The van der Waals surface area contributed by atoms with Gasteiger partial charge in [-0.25, -0.2) is 4.98 Å². The average Bonchev–Trinajstić information content (AvgIpc) is 2.66. The molecule has 0 N–H and O–H groups in total. The molecule has 0 amide bonds. The van der Waals surface area contributed by atoms with Gasteiger partial charge in [-0.05, 0) is 24.4 Å². The van der Waals surface area contributed by atoms with E-state index in [-0.39, 0.29) is 5.88 Å². The Morgan fingerprint density at radius 2 is 1.81 bits per heavy atom. The van der Waals surface area contributed by atoms with Crippen molar-refractivity contribution in [1.82, 2.24) is 4.98 Å². The number of benzene rings is 2. The minimum Gasteiger partial charge on any atom is -0.497 e. The number of halogens is 3. The maximum atomic E-state index is 13.2. The summed E-state index contributed by atoms with van der Waals surface area (Å²) in [6, 6.07) is 13.2. The fourth-order valence-corrected chi connectivity index (χ4v) is 2.60. The summed E-state index contributed by atoms with van der Waals surface area (Å²) in [4.78, 5) is 7.59. The molecule has 1 aromatic heterocycles. The summed E-state index contributed by atoms with van der Waals surface area (Å²) in [5.41, 5.74) is -0.296. The molecular weight excluding hydrogens is 357 g/mol. The molecule has 4 nitrogen and oxygen atoms in total. The van der Waals surface area contributed by atoms with E-state index in [0.717, 1.165) is 16.8 Å². The lowest BCUT2D eigenvalue weighted by Crippen LogP contribution is -2.11. The summed E-state index contributed by atoms with van der Waals surface area (Å²) >= 11 is 0. The van der Waals surface area contributed by atoms with E-state index in [1.807, 2.05) is 30.3 Å². The van der Waals surface area contributed by atoms with Crippen molar-refractivity contribution in [2.75, 3.05) is 14.2 Å². The number of aromatic nitrogens is 1. The lowest BCUT2D eigenvalue weighted by atomic mass is 10.1.